The van der Waals surface area contributed by atoms with Crippen LogP contribution in [0.25, 0.3) is 11.0 Å². The number of rotatable bonds is 5. The van der Waals surface area contributed by atoms with E-state index in [1.807, 2.05) is 6.92 Å². The third-order valence-electron chi connectivity index (χ3n) is 5.70. The number of benzene rings is 1. The molecule has 182 valence electrons. The zero-order chi connectivity index (χ0) is 24.0. The zero-order valence-electron chi connectivity index (χ0n) is 17.9. The second kappa shape index (κ2) is 8.83. The number of hydrogen-bond donors (Lipinski definition) is 3. The largest absolute Gasteiger partial charge is 0.449 e. The Morgan fingerprint density at radius 1 is 1.24 bits per heavy atom. The van der Waals surface area contributed by atoms with E-state index in [-0.39, 0.29) is 24.3 Å². The first-order chi connectivity index (χ1) is 16.2. The molecule has 10 nitrogen and oxygen atoms in total. The van der Waals surface area contributed by atoms with Gasteiger partial charge in [0.15, 0.2) is 5.17 Å². The summed E-state index contributed by atoms with van der Waals surface area (Å²) in [7, 11) is 0. The molecular formula is C20H22F3N7O3S. The lowest BCUT2D eigenvalue weighted by Crippen LogP contribution is -2.59. The van der Waals surface area contributed by atoms with E-state index in [0.717, 1.165) is 4.57 Å². The van der Waals surface area contributed by atoms with E-state index >= 15 is 0 Å². The number of para-hydroxylation sites is 2. The molecule has 4 heterocycles. The fraction of sp³-hybridized carbons (Fsp3) is 0.500. The second-order valence-corrected chi connectivity index (χ2v) is 9.12. The van der Waals surface area contributed by atoms with Gasteiger partial charge < -0.3 is 24.8 Å². The van der Waals surface area contributed by atoms with Gasteiger partial charge in [-0.3, -0.25) is 4.99 Å². The summed E-state index contributed by atoms with van der Waals surface area (Å²) in [6.07, 6.45) is -6.21. The number of aliphatic imine (C=N–C) groups is 1. The van der Waals surface area contributed by atoms with Crippen molar-refractivity contribution in [3.63, 3.8) is 0 Å². The van der Waals surface area contributed by atoms with Crippen molar-refractivity contribution in [3.8, 4) is 0 Å². The average Bonchev–Trinajstić information content (AvgIpc) is 3.50. The summed E-state index contributed by atoms with van der Waals surface area (Å²) in [5, 5.41) is 32.8. The summed E-state index contributed by atoms with van der Waals surface area (Å²) in [4.78, 5) is 8.01. The van der Waals surface area contributed by atoms with Crippen LogP contribution in [0, 0.1) is 0 Å². The number of amidine groups is 1. The molecule has 34 heavy (non-hydrogen) atoms. The maximum Gasteiger partial charge on any atom is 0.449 e. The number of alkyl halides is 3. The van der Waals surface area contributed by atoms with Crippen LogP contribution in [0.5, 0.6) is 0 Å². The highest BCUT2D eigenvalue weighted by atomic mass is 32.2. The van der Waals surface area contributed by atoms with E-state index in [2.05, 4.69) is 25.6 Å². The molecule has 0 radical (unpaired) electrons. The molecule has 3 aromatic rings. The quantitative estimate of drug-likeness (QED) is 0.481. The number of imidazole rings is 1. The fourth-order valence-corrected chi connectivity index (χ4v) is 5.35. The highest BCUT2D eigenvalue weighted by molar-refractivity contribution is 8.14. The minimum Gasteiger partial charge on any atom is -0.388 e. The van der Waals surface area contributed by atoms with Crippen molar-refractivity contribution in [1.82, 2.24) is 29.9 Å². The van der Waals surface area contributed by atoms with Gasteiger partial charge in [0.25, 0.3) is 0 Å². The number of thioether (sulfide) groups is 1. The molecule has 5 unspecified atom stereocenters. The summed E-state index contributed by atoms with van der Waals surface area (Å²) in [5.74, 6) is -1.02. The Bertz CT molecular complexity index is 1210. The number of nitrogens with zero attached hydrogens (tertiary/aromatic N) is 6. The average molecular weight is 498 g/mol. The molecule has 3 N–H and O–H groups in total. The number of aromatic nitrogens is 5. The predicted molar refractivity (Wildman–Crippen MR) is 117 cm³/mol. The lowest BCUT2D eigenvalue weighted by atomic mass is 9.98. The third-order valence-corrected chi connectivity index (χ3v) is 6.81. The van der Waals surface area contributed by atoms with Crippen molar-refractivity contribution in [2.24, 2.45) is 4.99 Å². The number of aliphatic hydroxyl groups is 2. The molecule has 1 aromatic carbocycles. The van der Waals surface area contributed by atoms with Gasteiger partial charge in [0.05, 0.1) is 36.4 Å². The first kappa shape index (κ1) is 23.1. The van der Waals surface area contributed by atoms with Gasteiger partial charge in [-0.25, -0.2) is 9.67 Å². The molecular weight excluding hydrogens is 475 g/mol. The van der Waals surface area contributed by atoms with E-state index < -0.39 is 41.8 Å². The van der Waals surface area contributed by atoms with Gasteiger partial charge in [-0.15, -0.1) is 5.10 Å². The van der Waals surface area contributed by atoms with Crippen LogP contribution in [0.4, 0.5) is 13.2 Å². The summed E-state index contributed by atoms with van der Waals surface area (Å²) >= 11 is 1.34. The Labute approximate surface area is 195 Å². The number of aliphatic hydroxyl groups excluding tert-OH is 2. The maximum absolute atomic E-state index is 13.6. The Kier molecular flexibility index (Phi) is 6.00. The molecule has 2 aliphatic rings. The number of hydrogen-bond acceptors (Lipinski definition) is 8. The van der Waals surface area contributed by atoms with Crippen molar-refractivity contribution >= 4 is 28.0 Å². The highest BCUT2D eigenvalue weighted by Crippen LogP contribution is 2.35. The minimum atomic E-state index is -4.63. The maximum atomic E-state index is 13.6. The third kappa shape index (κ3) is 4.26. The Morgan fingerprint density at radius 2 is 2.03 bits per heavy atom. The van der Waals surface area contributed by atoms with E-state index in [4.69, 9.17) is 4.74 Å². The van der Waals surface area contributed by atoms with Crippen molar-refractivity contribution in [2.45, 2.75) is 56.0 Å². The van der Waals surface area contributed by atoms with Crippen molar-refractivity contribution in [3.05, 3.63) is 42.0 Å². The lowest BCUT2D eigenvalue weighted by molar-refractivity contribution is -0.160. The topological polar surface area (TPSA) is 123 Å². The van der Waals surface area contributed by atoms with E-state index in [1.54, 1.807) is 18.2 Å². The molecule has 2 fully saturated rings. The molecule has 5 atom stereocenters. The van der Waals surface area contributed by atoms with E-state index in [0.29, 0.717) is 17.2 Å². The molecule has 0 amide bonds. The number of nitrogens with one attached hydrogen (secondary N) is 1. The summed E-state index contributed by atoms with van der Waals surface area (Å²) in [5.41, 5.74) is 0.410. The summed E-state index contributed by atoms with van der Waals surface area (Å²) < 4.78 is 49.1. The van der Waals surface area contributed by atoms with Crippen LogP contribution in [-0.4, -0.2) is 76.3 Å². The standard InChI is InChI=1S/C20H22F3N7O3S/c1-2-24-19-26-14-16(32)15(31)13(33-17(14)34-19)9-29-7-10(27-28-29)8-30-12-6-4-3-5-11(12)25-18(30)20(21,22)23/h3-7,13-17,31-32H,2,8-9H2,1H3,(H,24,26). The molecule has 2 saturated heterocycles. The molecule has 14 heteroatoms. The van der Waals surface area contributed by atoms with Crippen LogP contribution >= 0.6 is 11.8 Å². The molecule has 0 spiro atoms. The van der Waals surface area contributed by atoms with Crippen LogP contribution in [0.3, 0.4) is 0 Å². The van der Waals surface area contributed by atoms with Crippen molar-refractivity contribution in [1.29, 1.82) is 0 Å². The number of halogens is 3. The molecule has 0 saturated carbocycles. The highest BCUT2D eigenvalue weighted by Gasteiger charge is 2.49. The van der Waals surface area contributed by atoms with E-state index in [9.17, 15) is 23.4 Å². The number of fused-ring (bicyclic) bond motifs is 2. The van der Waals surface area contributed by atoms with Gasteiger partial charge in [-0.2, -0.15) is 13.2 Å². The molecule has 0 aliphatic carbocycles. The van der Waals surface area contributed by atoms with Gasteiger partial charge >= 0.3 is 6.18 Å². The van der Waals surface area contributed by atoms with Gasteiger partial charge in [0.2, 0.25) is 5.82 Å². The van der Waals surface area contributed by atoms with Gasteiger partial charge in [-0.1, -0.05) is 29.1 Å². The van der Waals surface area contributed by atoms with Crippen LogP contribution in [0.2, 0.25) is 0 Å². The smallest absolute Gasteiger partial charge is 0.388 e. The second-order valence-electron chi connectivity index (χ2n) is 8.03. The normalized spacial score (nSPS) is 28.4. The molecule has 2 aliphatic heterocycles. The van der Waals surface area contributed by atoms with Crippen molar-refractivity contribution in [2.75, 3.05) is 6.54 Å². The van der Waals surface area contributed by atoms with Crippen LogP contribution in [-0.2, 0) is 24.0 Å². The Hall–Kier alpha value is -2.68. The summed E-state index contributed by atoms with van der Waals surface area (Å²) in [6, 6.07) is 5.85. The minimum absolute atomic E-state index is 0.0616. The van der Waals surface area contributed by atoms with Gasteiger partial charge in [0.1, 0.15) is 29.4 Å². The predicted octanol–water partition coefficient (Wildman–Crippen LogP) is 1.22. The summed E-state index contributed by atoms with van der Waals surface area (Å²) in [6.45, 7) is 2.33. The molecule has 0 bridgehead atoms. The van der Waals surface area contributed by atoms with E-state index in [1.165, 1.54) is 28.7 Å². The van der Waals surface area contributed by atoms with Crippen LogP contribution < -0.4 is 5.32 Å². The Balaban J connectivity index is 1.33. The first-order valence-electron chi connectivity index (χ1n) is 10.7. The van der Waals surface area contributed by atoms with Gasteiger partial charge in [0, 0.05) is 6.54 Å². The Morgan fingerprint density at radius 3 is 2.79 bits per heavy atom. The monoisotopic (exact) mass is 497 g/mol. The zero-order valence-corrected chi connectivity index (χ0v) is 18.7. The number of ether oxygens (including phenoxy) is 1. The fourth-order valence-electron chi connectivity index (χ4n) is 4.15. The molecule has 2 aromatic heterocycles. The van der Waals surface area contributed by atoms with Crippen LogP contribution in [0.15, 0.2) is 35.5 Å². The first-order valence-corrected chi connectivity index (χ1v) is 11.5. The van der Waals surface area contributed by atoms with Crippen molar-refractivity contribution < 1.29 is 28.1 Å². The molecule has 5 rings (SSSR count). The SMILES string of the molecule is CCN=C1NC2C(OC(Cn3cc(Cn4c(C(F)(F)F)nc5ccccc54)nn3)C(O)C2O)S1. The van der Waals surface area contributed by atoms with Crippen LogP contribution in [0.1, 0.15) is 18.4 Å². The van der Waals surface area contributed by atoms with Gasteiger partial charge in [-0.05, 0) is 19.1 Å². The lowest BCUT2D eigenvalue weighted by Gasteiger charge is -2.38.